The van der Waals surface area contributed by atoms with Crippen molar-refractivity contribution in [1.29, 1.82) is 0 Å². The smallest absolute Gasteiger partial charge is 0.343 e. The van der Waals surface area contributed by atoms with Crippen LogP contribution in [0.1, 0.15) is 33.2 Å². The Morgan fingerprint density at radius 3 is 2.16 bits per heavy atom. The maximum absolute atomic E-state index is 12.4. The van der Waals surface area contributed by atoms with E-state index in [4.69, 9.17) is 4.74 Å². The standard InChI is InChI=1S/C18H18N2O5/c1-11-5-10-15(12(2)21)17(16(11)20(23)24)25-18(22)13-6-8-14(9-7-13)19(3)4/h5-10H,1-4H3. The van der Waals surface area contributed by atoms with E-state index >= 15 is 0 Å². The third-order valence-corrected chi connectivity index (χ3v) is 3.71. The van der Waals surface area contributed by atoms with Crippen molar-refractivity contribution in [2.24, 2.45) is 0 Å². The van der Waals surface area contributed by atoms with E-state index in [0.29, 0.717) is 5.56 Å². The first-order valence-corrected chi connectivity index (χ1v) is 7.51. The molecule has 7 nitrogen and oxygen atoms in total. The van der Waals surface area contributed by atoms with E-state index in [-0.39, 0.29) is 22.6 Å². The number of anilines is 1. The Balaban J connectivity index is 2.44. The van der Waals surface area contributed by atoms with Crippen LogP contribution < -0.4 is 9.64 Å². The van der Waals surface area contributed by atoms with Gasteiger partial charge in [0.25, 0.3) is 0 Å². The van der Waals surface area contributed by atoms with Crippen LogP contribution in [0.4, 0.5) is 11.4 Å². The number of nitro groups is 1. The molecule has 25 heavy (non-hydrogen) atoms. The third kappa shape index (κ3) is 3.82. The lowest BCUT2D eigenvalue weighted by Crippen LogP contribution is -2.14. The number of nitro benzene ring substituents is 1. The maximum Gasteiger partial charge on any atom is 0.343 e. The van der Waals surface area contributed by atoms with Crippen molar-refractivity contribution < 1.29 is 19.2 Å². The van der Waals surface area contributed by atoms with E-state index in [1.807, 2.05) is 19.0 Å². The van der Waals surface area contributed by atoms with Gasteiger partial charge in [0.2, 0.25) is 5.75 Å². The molecule has 0 N–H and O–H groups in total. The average Bonchev–Trinajstić information content (AvgIpc) is 2.54. The summed E-state index contributed by atoms with van der Waals surface area (Å²) in [5.74, 6) is -1.51. The van der Waals surface area contributed by atoms with Crippen molar-refractivity contribution in [3.63, 3.8) is 0 Å². The van der Waals surface area contributed by atoms with Crippen LogP contribution >= 0.6 is 0 Å². The number of hydrogen-bond donors (Lipinski definition) is 0. The summed E-state index contributed by atoms with van der Waals surface area (Å²) in [5, 5.41) is 11.4. The number of hydrogen-bond acceptors (Lipinski definition) is 6. The first-order valence-electron chi connectivity index (χ1n) is 7.51. The molecule has 0 fully saturated rings. The summed E-state index contributed by atoms with van der Waals surface area (Å²) in [6, 6.07) is 9.46. The summed E-state index contributed by atoms with van der Waals surface area (Å²) in [7, 11) is 3.73. The van der Waals surface area contributed by atoms with Crippen LogP contribution in [0.2, 0.25) is 0 Å². The predicted molar refractivity (Wildman–Crippen MR) is 93.6 cm³/mol. The highest BCUT2D eigenvalue weighted by atomic mass is 16.6. The van der Waals surface area contributed by atoms with Gasteiger partial charge in [0, 0.05) is 25.3 Å². The molecular weight excluding hydrogens is 324 g/mol. The third-order valence-electron chi connectivity index (χ3n) is 3.71. The summed E-state index contributed by atoms with van der Waals surface area (Å²) in [5.41, 5.74) is 1.04. The fourth-order valence-corrected chi connectivity index (χ4v) is 2.32. The number of rotatable bonds is 5. The molecule has 0 unspecified atom stereocenters. The molecule has 2 rings (SSSR count). The van der Waals surface area contributed by atoms with Gasteiger partial charge >= 0.3 is 11.7 Å². The maximum atomic E-state index is 12.4. The van der Waals surface area contributed by atoms with Crippen molar-refractivity contribution in [2.45, 2.75) is 13.8 Å². The summed E-state index contributed by atoms with van der Waals surface area (Å²) in [6.45, 7) is 2.78. The van der Waals surface area contributed by atoms with E-state index in [1.165, 1.54) is 26.0 Å². The SMILES string of the molecule is CC(=O)c1ccc(C)c([N+](=O)[O-])c1OC(=O)c1ccc(N(C)C)cc1. The Morgan fingerprint density at radius 2 is 1.68 bits per heavy atom. The molecule has 0 aliphatic carbocycles. The minimum Gasteiger partial charge on any atom is -0.415 e. The second kappa shape index (κ2) is 7.12. The van der Waals surface area contributed by atoms with Crippen LogP contribution in [0.3, 0.4) is 0 Å². The fourth-order valence-electron chi connectivity index (χ4n) is 2.32. The van der Waals surface area contributed by atoms with Gasteiger partial charge < -0.3 is 9.64 Å². The van der Waals surface area contributed by atoms with Crippen molar-refractivity contribution in [3.8, 4) is 5.75 Å². The van der Waals surface area contributed by atoms with E-state index in [2.05, 4.69) is 0 Å². The first kappa shape index (κ1) is 18.1. The lowest BCUT2D eigenvalue weighted by atomic mass is 10.1. The Morgan fingerprint density at radius 1 is 1.08 bits per heavy atom. The quantitative estimate of drug-likeness (QED) is 0.272. The molecule has 0 amide bonds. The molecule has 0 atom stereocenters. The Kier molecular flexibility index (Phi) is 5.17. The second-order valence-electron chi connectivity index (χ2n) is 5.75. The highest BCUT2D eigenvalue weighted by Gasteiger charge is 2.27. The van der Waals surface area contributed by atoms with Gasteiger partial charge in [-0.2, -0.15) is 0 Å². The normalized spacial score (nSPS) is 10.2. The van der Waals surface area contributed by atoms with Crippen molar-refractivity contribution in [2.75, 3.05) is 19.0 Å². The summed E-state index contributed by atoms with van der Waals surface area (Å²) >= 11 is 0. The van der Waals surface area contributed by atoms with Gasteiger partial charge in [-0.05, 0) is 44.2 Å². The van der Waals surface area contributed by atoms with Gasteiger partial charge in [-0.3, -0.25) is 14.9 Å². The van der Waals surface area contributed by atoms with Gasteiger partial charge in [0.15, 0.2) is 5.78 Å². The number of Topliss-reactive ketones (excluding diaryl/α,β-unsaturated/α-hetero) is 1. The van der Waals surface area contributed by atoms with Gasteiger partial charge in [0.05, 0.1) is 16.1 Å². The zero-order valence-corrected chi connectivity index (χ0v) is 14.4. The van der Waals surface area contributed by atoms with Crippen LogP contribution in [0.5, 0.6) is 5.75 Å². The zero-order valence-electron chi connectivity index (χ0n) is 14.4. The fraction of sp³-hybridized carbons (Fsp3) is 0.222. The van der Waals surface area contributed by atoms with Crippen LogP contribution in [-0.4, -0.2) is 30.8 Å². The van der Waals surface area contributed by atoms with Crippen LogP contribution in [0, 0.1) is 17.0 Å². The van der Waals surface area contributed by atoms with Crippen molar-refractivity contribution >= 4 is 23.1 Å². The second-order valence-corrected chi connectivity index (χ2v) is 5.75. The number of carbonyl (C=O) groups excluding carboxylic acids is 2. The summed E-state index contributed by atoms with van der Waals surface area (Å²) in [6.07, 6.45) is 0. The Hall–Kier alpha value is -3.22. The van der Waals surface area contributed by atoms with E-state index in [1.54, 1.807) is 24.3 Å². The monoisotopic (exact) mass is 342 g/mol. The number of ether oxygens (including phenoxy) is 1. The molecule has 2 aromatic carbocycles. The topological polar surface area (TPSA) is 89.7 Å². The van der Waals surface area contributed by atoms with Crippen molar-refractivity contribution in [1.82, 2.24) is 0 Å². The Labute approximate surface area is 145 Å². The van der Waals surface area contributed by atoms with Crippen LogP contribution in [0.25, 0.3) is 0 Å². The molecule has 0 saturated carbocycles. The highest BCUT2D eigenvalue weighted by Crippen LogP contribution is 2.35. The van der Waals surface area contributed by atoms with Gasteiger partial charge in [0.1, 0.15) is 0 Å². The molecule has 0 bridgehead atoms. The molecular formula is C18H18N2O5. The molecule has 130 valence electrons. The number of esters is 1. The van der Waals surface area contributed by atoms with E-state index in [0.717, 1.165) is 5.69 Å². The van der Waals surface area contributed by atoms with Crippen LogP contribution in [0.15, 0.2) is 36.4 Å². The van der Waals surface area contributed by atoms with Gasteiger partial charge in [-0.1, -0.05) is 6.07 Å². The van der Waals surface area contributed by atoms with Crippen LogP contribution in [-0.2, 0) is 0 Å². The predicted octanol–water partition coefficient (Wildman–Crippen LogP) is 3.39. The van der Waals surface area contributed by atoms with Gasteiger partial charge in [-0.25, -0.2) is 4.79 Å². The number of aryl methyl sites for hydroxylation is 1. The Bertz CT molecular complexity index is 841. The molecule has 0 spiro atoms. The molecule has 0 saturated heterocycles. The average molecular weight is 342 g/mol. The number of nitrogens with zero attached hydrogens (tertiary/aromatic N) is 2. The molecule has 0 aliphatic rings. The van der Waals surface area contributed by atoms with E-state index in [9.17, 15) is 19.7 Å². The molecule has 7 heteroatoms. The number of ketones is 1. The van der Waals surface area contributed by atoms with Gasteiger partial charge in [-0.15, -0.1) is 0 Å². The molecule has 0 heterocycles. The first-order chi connectivity index (χ1) is 11.7. The molecule has 0 aromatic heterocycles. The molecule has 2 aromatic rings. The molecule has 0 aliphatic heterocycles. The van der Waals surface area contributed by atoms with Crippen molar-refractivity contribution in [3.05, 3.63) is 63.2 Å². The largest absolute Gasteiger partial charge is 0.415 e. The van der Waals surface area contributed by atoms with E-state index < -0.39 is 16.7 Å². The highest BCUT2D eigenvalue weighted by molar-refractivity contribution is 6.00. The molecule has 0 radical (unpaired) electrons. The number of benzene rings is 2. The lowest BCUT2D eigenvalue weighted by molar-refractivity contribution is -0.386. The lowest BCUT2D eigenvalue weighted by Gasteiger charge is -2.13. The minimum atomic E-state index is -0.762. The summed E-state index contributed by atoms with van der Waals surface area (Å²) < 4.78 is 5.25. The zero-order chi connectivity index (χ0) is 18.7. The summed E-state index contributed by atoms with van der Waals surface area (Å²) in [4.78, 5) is 36.7. The minimum absolute atomic E-state index is 0.00411. The number of carbonyl (C=O) groups is 2.